The summed E-state index contributed by atoms with van der Waals surface area (Å²) in [5, 5.41) is 14.5. The molecule has 3 aromatic heterocycles. The van der Waals surface area contributed by atoms with E-state index in [1.807, 2.05) is 24.3 Å². The van der Waals surface area contributed by atoms with Crippen LogP contribution in [0.2, 0.25) is 0 Å². The number of hydrogen-bond acceptors (Lipinski definition) is 6. The Kier molecular flexibility index (Phi) is 3.83. The van der Waals surface area contributed by atoms with E-state index < -0.39 is 0 Å². The molecule has 0 fully saturated rings. The first-order valence-electron chi connectivity index (χ1n) is 8.46. The SMILES string of the molecule is Cc1cccc2c1[nH]c1nc(SCc3ccc(-n4cncn4)cc3)nnc12. The Hall–Kier alpha value is -3.26. The van der Waals surface area contributed by atoms with Crippen molar-refractivity contribution < 1.29 is 0 Å². The van der Waals surface area contributed by atoms with Crippen molar-refractivity contribution in [1.29, 1.82) is 0 Å². The normalized spacial score (nSPS) is 11.4. The molecule has 0 aliphatic heterocycles. The molecule has 0 aliphatic rings. The number of hydrogen-bond donors (Lipinski definition) is 1. The fourth-order valence-electron chi connectivity index (χ4n) is 3.02. The third kappa shape index (κ3) is 2.93. The summed E-state index contributed by atoms with van der Waals surface area (Å²) in [6.07, 6.45) is 3.20. The molecule has 0 radical (unpaired) electrons. The van der Waals surface area contributed by atoms with Crippen molar-refractivity contribution in [3.63, 3.8) is 0 Å². The Morgan fingerprint density at radius 2 is 1.96 bits per heavy atom. The standard InChI is InChI=1S/C19H15N7S/c1-12-3-2-4-15-16(12)22-18-17(15)24-25-19(23-18)27-9-13-5-7-14(8-6-13)26-11-20-10-21-26/h2-8,10-11H,9H2,1H3,(H,22,23,25). The molecule has 5 aromatic rings. The molecule has 27 heavy (non-hydrogen) atoms. The van der Waals surface area contributed by atoms with Gasteiger partial charge in [0.05, 0.1) is 11.2 Å². The van der Waals surface area contributed by atoms with Gasteiger partial charge in [0.1, 0.15) is 18.2 Å². The summed E-state index contributed by atoms with van der Waals surface area (Å²) in [4.78, 5) is 12.0. The largest absolute Gasteiger partial charge is 0.337 e. The van der Waals surface area contributed by atoms with Gasteiger partial charge in [-0.15, -0.1) is 10.2 Å². The van der Waals surface area contributed by atoms with E-state index >= 15 is 0 Å². The third-order valence-electron chi connectivity index (χ3n) is 4.43. The Morgan fingerprint density at radius 1 is 1.07 bits per heavy atom. The Morgan fingerprint density at radius 3 is 2.78 bits per heavy atom. The molecule has 0 atom stereocenters. The molecule has 0 amide bonds. The van der Waals surface area contributed by atoms with Crippen LogP contribution in [0.5, 0.6) is 0 Å². The number of nitrogens with one attached hydrogen (secondary N) is 1. The maximum atomic E-state index is 4.64. The maximum absolute atomic E-state index is 4.64. The smallest absolute Gasteiger partial charge is 0.211 e. The van der Waals surface area contributed by atoms with Crippen molar-refractivity contribution in [2.75, 3.05) is 0 Å². The van der Waals surface area contributed by atoms with E-state index in [0.29, 0.717) is 5.16 Å². The lowest BCUT2D eigenvalue weighted by molar-refractivity contribution is 0.876. The summed E-state index contributed by atoms with van der Waals surface area (Å²) in [7, 11) is 0. The average Bonchev–Trinajstić information content (AvgIpc) is 3.35. The molecule has 132 valence electrons. The van der Waals surface area contributed by atoms with Gasteiger partial charge in [0, 0.05) is 11.1 Å². The van der Waals surface area contributed by atoms with E-state index in [1.54, 1.807) is 22.8 Å². The lowest BCUT2D eigenvalue weighted by Gasteiger charge is -2.03. The molecule has 5 rings (SSSR count). The zero-order valence-electron chi connectivity index (χ0n) is 14.5. The minimum atomic E-state index is 0.659. The number of nitrogens with zero attached hydrogens (tertiary/aromatic N) is 6. The van der Waals surface area contributed by atoms with Crippen LogP contribution in [0.1, 0.15) is 11.1 Å². The van der Waals surface area contributed by atoms with Crippen molar-refractivity contribution in [3.05, 3.63) is 66.2 Å². The Balaban J connectivity index is 1.37. The van der Waals surface area contributed by atoms with Crippen molar-refractivity contribution >= 4 is 33.8 Å². The van der Waals surface area contributed by atoms with Gasteiger partial charge >= 0.3 is 0 Å². The summed E-state index contributed by atoms with van der Waals surface area (Å²) in [5.74, 6) is 0.768. The first-order chi connectivity index (χ1) is 13.3. The van der Waals surface area contributed by atoms with Crippen LogP contribution in [-0.2, 0) is 5.75 Å². The monoisotopic (exact) mass is 373 g/mol. The highest BCUT2D eigenvalue weighted by Crippen LogP contribution is 2.26. The molecule has 2 aromatic carbocycles. The number of fused-ring (bicyclic) bond motifs is 3. The first-order valence-corrected chi connectivity index (χ1v) is 9.45. The molecule has 8 heteroatoms. The fraction of sp³-hybridized carbons (Fsp3) is 0.105. The molecule has 1 N–H and O–H groups in total. The van der Waals surface area contributed by atoms with Gasteiger partial charge in [-0.3, -0.25) is 0 Å². The van der Waals surface area contributed by atoms with Crippen molar-refractivity contribution in [1.82, 2.24) is 34.9 Å². The van der Waals surface area contributed by atoms with Gasteiger partial charge in [0.15, 0.2) is 5.65 Å². The van der Waals surface area contributed by atoms with Crippen LogP contribution in [-0.4, -0.2) is 34.9 Å². The molecule has 0 saturated carbocycles. The summed E-state index contributed by atoms with van der Waals surface area (Å²) in [5.41, 5.74) is 6.00. The summed E-state index contributed by atoms with van der Waals surface area (Å²) in [6.45, 7) is 2.07. The van der Waals surface area contributed by atoms with Crippen LogP contribution >= 0.6 is 11.8 Å². The summed E-state index contributed by atoms with van der Waals surface area (Å²) < 4.78 is 1.73. The van der Waals surface area contributed by atoms with E-state index in [4.69, 9.17) is 0 Å². The van der Waals surface area contributed by atoms with Gasteiger partial charge in [-0.25, -0.2) is 14.6 Å². The number of aryl methyl sites for hydroxylation is 1. The van der Waals surface area contributed by atoms with E-state index in [0.717, 1.165) is 33.5 Å². The van der Waals surface area contributed by atoms with Gasteiger partial charge in [-0.1, -0.05) is 42.1 Å². The van der Waals surface area contributed by atoms with E-state index in [9.17, 15) is 0 Å². The van der Waals surface area contributed by atoms with Crippen molar-refractivity contribution in [2.24, 2.45) is 0 Å². The summed E-state index contributed by atoms with van der Waals surface area (Å²) in [6, 6.07) is 14.3. The van der Waals surface area contributed by atoms with Crippen LogP contribution in [0.4, 0.5) is 0 Å². The van der Waals surface area contributed by atoms with Crippen LogP contribution < -0.4 is 0 Å². The zero-order valence-corrected chi connectivity index (χ0v) is 15.3. The number of para-hydroxylation sites is 1. The number of rotatable bonds is 4. The van der Waals surface area contributed by atoms with Crippen LogP contribution in [0.15, 0.2) is 60.3 Å². The molecule has 0 spiro atoms. The van der Waals surface area contributed by atoms with E-state index in [-0.39, 0.29) is 0 Å². The lowest BCUT2D eigenvalue weighted by Crippen LogP contribution is -1.95. The minimum Gasteiger partial charge on any atom is -0.337 e. The number of benzene rings is 2. The van der Waals surface area contributed by atoms with Gasteiger partial charge < -0.3 is 4.98 Å². The predicted octanol–water partition coefficient (Wildman–Crippen LogP) is 3.69. The molecule has 0 bridgehead atoms. The Bertz CT molecular complexity index is 1230. The molecule has 0 unspecified atom stereocenters. The minimum absolute atomic E-state index is 0.659. The van der Waals surface area contributed by atoms with Gasteiger partial charge in [0.2, 0.25) is 5.16 Å². The van der Waals surface area contributed by atoms with Crippen LogP contribution in [0.25, 0.3) is 27.8 Å². The number of aromatic nitrogens is 7. The highest BCUT2D eigenvalue weighted by atomic mass is 32.2. The number of thioether (sulfide) groups is 1. The zero-order chi connectivity index (χ0) is 18.2. The van der Waals surface area contributed by atoms with Gasteiger partial charge in [-0.05, 0) is 30.2 Å². The first kappa shape index (κ1) is 16.0. The second-order valence-corrected chi connectivity index (χ2v) is 7.15. The van der Waals surface area contributed by atoms with Gasteiger partial charge in [-0.2, -0.15) is 5.10 Å². The second kappa shape index (κ2) is 6.48. The Labute approximate surface area is 158 Å². The third-order valence-corrected chi connectivity index (χ3v) is 5.33. The lowest BCUT2D eigenvalue weighted by atomic mass is 10.1. The fourth-order valence-corrected chi connectivity index (χ4v) is 3.77. The molecular formula is C19H15N7S. The molecule has 0 aliphatic carbocycles. The van der Waals surface area contributed by atoms with E-state index in [2.05, 4.69) is 55.4 Å². The van der Waals surface area contributed by atoms with Gasteiger partial charge in [0.25, 0.3) is 0 Å². The molecule has 3 heterocycles. The molecule has 0 saturated heterocycles. The predicted molar refractivity (Wildman–Crippen MR) is 105 cm³/mol. The van der Waals surface area contributed by atoms with Crippen LogP contribution in [0.3, 0.4) is 0 Å². The topological polar surface area (TPSA) is 85.2 Å². The van der Waals surface area contributed by atoms with Crippen LogP contribution in [0, 0.1) is 6.92 Å². The number of aromatic amines is 1. The highest BCUT2D eigenvalue weighted by molar-refractivity contribution is 7.98. The number of H-pyrrole nitrogens is 1. The summed E-state index contributed by atoms with van der Waals surface area (Å²) >= 11 is 1.57. The molecular weight excluding hydrogens is 358 g/mol. The van der Waals surface area contributed by atoms with Crippen molar-refractivity contribution in [3.8, 4) is 5.69 Å². The maximum Gasteiger partial charge on any atom is 0.211 e. The second-order valence-electron chi connectivity index (χ2n) is 6.21. The van der Waals surface area contributed by atoms with Crippen molar-refractivity contribution in [2.45, 2.75) is 17.8 Å². The molecule has 7 nitrogen and oxygen atoms in total. The highest BCUT2D eigenvalue weighted by Gasteiger charge is 2.10. The average molecular weight is 373 g/mol. The van der Waals surface area contributed by atoms with E-state index in [1.165, 1.54) is 17.5 Å². The quantitative estimate of drug-likeness (QED) is 0.484.